The number of aliphatic imine (C=N–C) groups is 1. The summed E-state index contributed by atoms with van der Waals surface area (Å²) in [6.45, 7) is 5.16. The first-order chi connectivity index (χ1) is 6.06. The first-order valence-corrected chi connectivity index (χ1v) is 4.00. The number of anilines is 1. The van der Waals surface area contributed by atoms with Crippen LogP contribution in [0, 0.1) is 12.7 Å². The Balaban J connectivity index is 3.32. The summed E-state index contributed by atoms with van der Waals surface area (Å²) in [4.78, 5) is 5.65. The first kappa shape index (κ1) is 9.71. The van der Waals surface area contributed by atoms with Gasteiger partial charge in [-0.15, -0.1) is 0 Å². The number of nitrogens with zero attached hydrogens (tertiary/aromatic N) is 2. The van der Waals surface area contributed by atoms with Gasteiger partial charge in [-0.25, -0.2) is 4.39 Å². The van der Waals surface area contributed by atoms with E-state index in [9.17, 15) is 4.39 Å². The van der Waals surface area contributed by atoms with Gasteiger partial charge in [0.1, 0.15) is 5.82 Å². The van der Waals surface area contributed by atoms with Crippen LogP contribution in [0.1, 0.15) is 5.56 Å². The van der Waals surface area contributed by atoms with Crippen LogP contribution in [0.2, 0.25) is 0 Å². The van der Waals surface area contributed by atoms with Crippen molar-refractivity contribution in [2.75, 3.05) is 19.0 Å². The molecule has 0 aromatic heterocycles. The number of benzene rings is 1. The zero-order valence-corrected chi connectivity index (χ0v) is 8.13. The smallest absolute Gasteiger partial charge is 0.128 e. The molecule has 0 N–H and O–H groups in total. The highest BCUT2D eigenvalue weighted by Gasteiger charge is 2.07. The summed E-state index contributed by atoms with van der Waals surface area (Å²) < 4.78 is 13.2. The monoisotopic (exact) mass is 180 g/mol. The zero-order valence-electron chi connectivity index (χ0n) is 8.13. The zero-order chi connectivity index (χ0) is 10.0. The van der Waals surface area contributed by atoms with Crippen LogP contribution in [0.5, 0.6) is 0 Å². The van der Waals surface area contributed by atoms with Gasteiger partial charge in [0.2, 0.25) is 0 Å². The number of rotatable bonds is 2. The molecule has 1 rings (SSSR count). The van der Waals surface area contributed by atoms with Crippen LogP contribution in [0.3, 0.4) is 0 Å². The third kappa shape index (κ3) is 1.86. The van der Waals surface area contributed by atoms with Gasteiger partial charge in [0.25, 0.3) is 0 Å². The van der Waals surface area contributed by atoms with E-state index in [4.69, 9.17) is 0 Å². The highest BCUT2D eigenvalue weighted by Crippen LogP contribution is 2.29. The Morgan fingerprint density at radius 3 is 2.46 bits per heavy atom. The molecule has 0 bridgehead atoms. The van der Waals surface area contributed by atoms with Crippen LogP contribution < -0.4 is 4.90 Å². The van der Waals surface area contributed by atoms with E-state index in [0.717, 1.165) is 5.69 Å². The van der Waals surface area contributed by atoms with Crippen molar-refractivity contribution >= 4 is 18.1 Å². The SMILES string of the molecule is C=Nc1cc(C)c(F)cc1N(C)C. The molecule has 0 fully saturated rings. The van der Waals surface area contributed by atoms with Crippen molar-refractivity contribution in [3.05, 3.63) is 23.5 Å². The summed E-state index contributed by atoms with van der Waals surface area (Å²) in [5.41, 5.74) is 2.05. The van der Waals surface area contributed by atoms with Crippen molar-refractivity contribution in [1.82, 2.24) is 0 Å². The van der Waals surface area contributed by atoms with E-state index >= 15 is 0 Å². The Labute approximate surface area is 77.7 Å². The van der Waals surface area contributed by atoms with Crippen molar-refractivity contribution in [1.29, 1.82) is 0 Å². The van der Waals surface area contributed by atoms with Crippen molar-refractivity contribution in [2.24, 2.45) is 4.99 Å². The second-order valence-electron chi connectivity index (χ2n) is 3.14. The standard InChI is InChI=1S/C10H13FN2/c1-7-5-9(12-2)10(13(3)4)6-8(7)11/h5-6H,2H2,1,3-4H3. The molecule has 0 amide bonds. The highest BCUT2D eigenvalue weighted by atomic mass is 19.1. The normalized spacial score (nSPS) is 9.85. The molecule has 0 aliphatic carbocycles. The maximum absolute atomic E-state index is 13.2. The number of aryl methyl sites for hydroxylation is 1. The van der Waals surface area contributed by atoms with Gasteiger partial charge in [0.05, 0.1) is 11.4 Å². The molecule has 0 saturated heterocycles. The third-order valence-corrected chi connectivity index (χ3v) is 1.91. The topological polar surface area (TPSA) is 15.6 Å². The van der Waals surface area contributed by atoms with Crippen LogP contribution in [0.4, 0.5) is 15.8 Å². The van der Waals surface area contributed by atoms with Crippen LogP contribution in [-0.2, 0) is 0 Å². The average Bonchev–Trinajstić information content (AvgIpc) is 2.08. The predicted molar refractivity (Wildman–Crippen MR) is 54.7 cm³/mol. The minimum atomic E-state index is -0.212. The summed E-state index contributed by atoms with van der Waals surface area (Å²) in [6, 6.07) is 3.16. The minimum Gasteiger partial charge on any atom is -0.376 e. The predicted octanol–water partition coefficient (Wildman–Crippen LogP) is 2.53. The fourth-order valence-electron chi connectivity index (χ4n) is 1.14. The van der Waals surface area contributed by atoms with E-state index in [-0.39, 0.29) is 5.82 Å². The summed E-state index contributed by atoms with van der Waals surface area (Å²) in [5, 5.41) is 0. The van der Waals surface area contributed by atoms with E-state index in [1.807, 2.05) is 19.0 Å². The molecule has 0 heterocycles. The summed E-state index contributed by atoms with van der Waals surface area (Å²) in [7, 11) is 3.69. The quantitative estimate of drug-likeness (QED) is 0.638. The van der Waals surface area contributed by atoms with Gasteiger partial charge >= 0.3 is 0 Å². The molecule has 0 aliphatic heterocycles. The molecule has 13 heavy (non-hydrogen) atoms. The van der Waals surface area contributed by atoms with Crippen molar-refractivity contribution in [3.8, 4) is 0 Å². The lowest BCUT2D eigenvalue weighted by molar-refractivity contribution is 0.618. The van der Waals surface area contributed by atoms with E-state index in [0.29, 0.717) is 11.3 Å². The molecule has 2 nitrogen and oxygen atoms in total. The molecule has 0 saturated carbocycles. The van der Waals surface area contributed by atoms with Crippen LogP contribution in [0.15, 0.2) is 17.1 Å². The Morgan fingerprint density at radius 1 is 1.38 bits per heavy atom. The van der Waals surface area contributed by atoms with Crippen molar-refractivity contribution in [2.45, 2.75) is 6.92 Å². The highest BCUT2D eigenvalue weighted by molar-refractivity contribution is 5.69. The van der Waals surface area contributed by atoms with E-state index in [1.165, 1.54) is 6.07 Å². The molecule has 1 aromatic rings. The molecule has 3 heteroatoms. The fourth-order valence-corrected chi connectivity index (χ4v) is 1.14. The average molecular weight is 180 g/mol. The van der Waals surface area contributed by atoms with E-state index < -0.39 is 0 Å². The lowest BCUT2D eigenvalue weighted by Gasteiger charge is -2.15. The van der Waals surface area contributed by atoms with Gasteiger partial charge in [0.15, 0.2) is 0 Å². The molecule has 0 unspecified atom stereocenters. The third-order valence-electron chi connectivity index (χ3n) is 1.91. The Morgan fingerprint density at radius 2 is 2.00 bits per heavy atom. The molecule has 1 aromatic carbocycles. The minimum absolute atomic E-state index is 0.212. The van der Waals surface area contributed by atoms with E-state index in [2.05, 4.69) is 11.7 Å². The van der Waals surface area contributed by atoms with Gasteiger partial charge < -0.3 is 4.90 Å². The number of halogens is 1. The maximum atomic E-state index is 13.2. The van der Waals surface area contributed by atoms with Crippen LogP contribution >= 0.6 is 0 Å². The number of hydrogen-bond donors (Lipinski definition) is 0. The second-order valence-corrected chi connectivity index (χ2v) is 3.14. The molecule has 0 aliphatic rings. The van der Waals surface area contributed by atoms with E-state index in [1.54, 1.807) is 13.0 Å². The number of hydrogen-bond acceptors (Lipinski definition) is 2. The molecule has 70 valence electrons. The Bertz CT molecular complexity index is 332. The van der Waals surface area contributed by atoms with Gasteiger partial charge in [0, 0.05) is 14.1 Å². The summed E-state index contributed by atoms with van der Waals surface area (Å²) >= 11 is 0. The fraction of sp³-hybridized carbons (Fsp3) is 0.300. The van der Waals surface area contributed by atoms with Crippen LogP contribution in [-0.4, -0.2) is 20.8 Å². The molecular weight excluding hydrogens is 167 g/mol. The molecule has 0 spiro atoms. The molecule has 0 atom stereocenters. The lowest BCUT2D eigenvalue weighted by atomic mass is 10.1. The lowest BCUT2D eigenvalue weighted by Crippen LogP contribution is -2.09. The summed E-state index contributed by atoms with van der Waals surface area (Å²) in [6.07, 6.45) is 0. The Kier molecular flexibility index (Phi) is 2.66. The molecule has 0 radical (unpaired) electrons. The van der Waals surface area contributed by atoms with Gasteiger partial charge in [-0.1, -0.05) is 0 Å². The second kappa shape index (κ2) is 3.56. The van der Waals surface area contributed by atoms with Crippen molar-refractivity contribution in [3.63, 3.8) is 0 Å². The Hall–Kier alpha value is -1.38. The van der Waals surface area contributed by atoms with Gasteiger partial charge in [-0.05, 0) is 31.3 Å². The largest absolute Gasteiger partial charge is 0.376 e. The van der Waals surface area contributed by atoms with Crippen molar-refractivity contribution < 1.29 is 4.39 Å². The van der Waals surface area contributed by atoms with Gasteiger partial charge in [-0.3, -0.25) is 4.99 Å². The van der Waals surface area contributed by atoms with Crippen LogP contribution in [0.25, 0.3) is 0 Å². The first-order valence-electron chi connectivity index (χ1n) is 4.00. The summed E-state index contributed by atoms with van der Waals surface area (Å²) in [5.74, 6) is -0.212. The molecular formula is C10H13FN2. The van der Waals surface area contributed by atoms with Gasteiger partial charge in [-0.2, -0.15) is 0 Å². The maximum Gasteiger partial charge on any atom is 0.128 e.